The number of aromatic nitrogens is 2. The Kier molecular flexibility index (Phi) is 4.22. The van der Waals surface area contributed by atoms with Crippen molar-refractivity contribution in [3.8, 4) is 5.75 Å². The first-order chi connectivity index (χ1) is 9.99. The number of rotatable bonds is 6. The van der Waals surface area contributed by atoms with Crippen LogP contribution >= 0.6 is 0 Å². The van der Waals surface area contributed by atoms with Crippen molar-refractivity contribution >= 4 is 11.9 Å². The highest BCUT2D eigenvalue weighted by atomic mass is 16.5. The summed E-state index contributed by atoms with van der Waals surface area (Å²) >= 11 is 0. The molecule has 1 aromatic heterocycles. The fourth-order valence-corrected chi connectivity index (χ4v) is 1.93. The average Bonchev–Trinajstić information content (AvgIpc) is 2.81. The van der Waals surface area contributed by atoms with Gasteiger partial charge in [0.05, 0.1) is 20.1 Å². The average molecular weight is 290 g/mol. The Hall–Kier alpha value is -2.83. The van der Waals surface area contributed by atoms with E-state index in [1.165, 1.54) is 10.9 Å². The number of aromatic carboxylic acids is 1. The van der Waals surface area contributed by atoms with Crippen LogP contribution in [0.3, 0.4) is 0 Å². The predicted molar refractivity (Wildman–Crippen MR) is 72.6 cm³/mol. The van der Waals surface area contributed by atoms with E-state index in [9.17, 15) is 9.59 Å². The number of hydrogen-bond donors (Lipinski definition) is 2. The highest BCUT2D eigenvalue weighted by Gasteiger charge is 2.18. The number of ether oxygens (including phenoxy) is 1. The van der Waals surface area contributed by atoms with Crippen LogP contribution in [-0.2, 0) is 17.8 Å². The van der Waals surface area contributed by atoms with E-state index in [1.807, 2.05) is 12.1 Å². The van der Waals surface area contributed by atoms with Gasteiger partial charge in [0.15, 0.2) is 5.69 Å². The van der Waals surface area contributed by atoms with Crippen LogP contribution in [0.15, 0.2) is 30.5 Å². The van der Waals surface area contributed by atoms with E-state index in [0.717, 1.165) is 11.3 Å². The molecule has 7 nitrogen and oxygen atoms in total. The fraction of sp³-hybridized carbons (Fsp3) is 0.214. The van der Waals surface area contributed by atoms with Crippen molar-refractivity contribution in [2.24, 2.45) is 0 Å². The number of hydrogen-bond acceptors (Lipinski definition) is 4. The Morgan fingerprint density at radius 3 is 2.43 bits per heavy atom. The van der Waals surface area contributed by atoms with Crippen molar-refractivity contribution in [1.82, 2.24) is 9.78 Å². The summed E-state index contributed by atoms with van der Waals surface area (Å²) in [5.41, 5.74) is 0.853. The molecular weight excluding hydrogens is 276 g/mol. The molecule has 0 unspecified atom stereocenters. The summed E-state index contributed by atoms with van der Waals surface area (Å²) in [5, 5.41) is 21.8. The van der Waals surface area contributed by atoms with Crippen LogP contribution in [0.1, 0.15) is 21.6 Å². The Balaban J connectivity index is 2.23. The molecule has 0 aliphatic heterocycles. The number of carbonyl (C=O) groups is 2. The van der Waals surface area contributed by atoms with Crippen molar-refractivity contribution in [2.45, 2.75) is 13.0 Å². The third kappa shape index (κ3) is 3.59. The zero-order chi connectivity index (χ0) is 15.4. The molecule has 0 aliphatic carbocycles. The summed E-state index contributed by atoms with van der Waals surface area (Å²) < 4.78 is 6.47. The van der Waals surface area contributed by atoms with Gasteiger partial charge in [0.25, 0.3) is 0 Å². The first kappa shape index (κ1) is 14.6. The lowest BCUT2D eigenvalue weighted by atomic mass is 10.2. The molecule has 0 saturated carbocycles. The van der Waals surface area contributed by atoms with Crippen molar-refractivity contribution < 1.29 is 24.5 Å². The second-order valence-corrected chi connectivity index (χ2v) is 4.42. The van der Waals surface area contributed by atoms with Crippen molar-refractivity contribution in [3.05, 3.63) is 47.3 Å². The number of methoxy groups -OCH3 is 1. The number of carboxylic acids is 2. The molecule has 0 atom stereocenters. The molecule has 110 valence electrons. The third-order valence-electron chi connectivity index (χ3n) is 2.89. The number of nitrogens with zero attached hydrogens (tertiary/aromatic N) is 2. The quantitative estimate of drug-likeness (QED) is 0.830. The van der Waals surface area contributed by atoms with Gasteiger partial charge < -0.3 is 14.9 Å². The Morgan fingerprint density at radius 2 is 1.90 bits per heavy atom. The van der Waals surface area contributed by atoms with Crippen LogP contribution in [0.5, 0.6) is 5.75 Å². The van der Waals surface area contributed by atoms with E-state index < -0.39 is 11.9 Å². The minimum Gasteiger partial charge on any atom is -0.497 e. The van der Waals surface area contributed by atoms with Gasteiger partial charge in [-0.1, -0.05) is 12.1 Å². The van der Waals surface area contributed by atoms with Crippen LogP contribution in [0, 0.1) is 0 Å². The molecule has 0 bridgehead atoms. The molecule has 0 aliphatic rings. The molecule has 2 aromatic rings. The molecule has 7 heteroatoms. The number of aliphatic carboxylic acids is 1. The van der Waals surface area contributed by atoms with Gasteiger partial charge in [-0.05, 0) is 17.7 Å². The van der Waals surface area contributed by atoms with Crippen LogP contribution in [0.4, 0.5) is 0 Å². The Labute approximate surface area is 120 Å². The summed E-state index contributed by atoms with van der Waals surface area (Å²) in [5.74, 6) is -1.61. The van der Waals surface area contributed by atoms with Gasteiger partial charge in [-0.2, -0.15) is 5.10 Å². The first-order valence-corrected chi connectivity index (χ1v) is 6.14. The molecule has 0 amide bonds. The number of carboxylic acid groups (broad SMARTS) is 2. The van der Waals surface area contributed by atoms with Gasteiger partial charge >= 0.3 is 11.9 Å². The van der Waals surface area contributed by atoms with E-state index in [-0.39, 0.29) is 17.7 Å². The lowest BCUT2D eigenvalue weighted by Crippen LogP contribution is -2.06. The Morgan fingerprint density at radius 1 is 1.24 bits per heavy atom. The van der Waals surface area contributed by atoms with E-state index >= 15 is 0 Å². The third-order valence-corrected chi connectivity index (χ3v) is 2.89. The largest absolute Gasteiger partial charge is 0.497 e. The highest BCUT2D eigenvalue weighted by molar-refractivity contribution is 5.88. The zero-order valence-electron chi connectivity index (χ0n) is 11.3. The Bertz CT molecular complexity index is 661. The minimum atomic E-state index is -1.24. The molecule has 21 heavy (non-hydrogen) atoms. The van der Waals surface area contributed by atoms with Gasteiger partial charge in [-0.3, -0.25) is 9.48 Å². The predicted octanol–water partition coefficient (Wildman–Crippen LogP) is 1.27. The van der Waals surface area contributed by atoms with Crippen LogP contribution in [0.25, 0.3) is 0 Å². The normalized spacial score (nSPS) is 10.3. The van der Waals surface area contributed by atoms with E-state index in [2.05, 4.69) is 5.10 Å². The van der Waals surface area contributed by atoms with Crippen LogP contribution in [-0.4, -0.2) is 39.0 Å². The van der Waals surface area contributed by atoms with Crippen molar-refractivity contribution in [3.63, 3.8) is 0 Å². The van der Waals surface area contributed by atoms with Crippen molar-refractivity contribution in [2.75, 3.05) is 7.11 Å². The molecule has 0 saturated heterocycles. The summed E-state index contributed by atoms with van der Waals surface area (Å²) in [6, 6.07) is 7.24. The second kappa shape index (κ2) is 6.08. The monoisotopic (exact) mass is 290 g/mol. The molecule has 1 heterocycles. The van der Waals surface area contributed by atoms with Gasteiger partial charge in [0, 0.05) is 11.8 Å². The molecule has 0 fully saturated rings. The number of benzene rings is 1. The molecule has 2 rings (SSSR count). The minimum absolute atomic E-state index is 0.184. The summed E-state index contributed by atoms with van der Waals surface area (Å²) in [7, 11) is 1.57. The van der Waals surface area contributed by atoms with E-state index in [4.69, 9.17) is 14.9 Å². The topological polar surface area (TPSA) is 102 Å². The fourth-order valence-electron chi connectivity index (χ4n) is 1.93. The lowest BCUT2D eigenvalue weighted by Gasteiger charge is -2.03. The maximum Gasteiger partial charge on any atom is 0.356 e. The van der Waals surface area contributed by atoms with E-state index in [1.54, 1.807) is 19.2 Å². The van der Waals surface area contributed by atoms with E-state index in [0.29, 0.717) is 6.54 Å². The highest BCUT2D eigenvalue weighted by Crippen LogP contribution is 2.14. The molecule has 0 spiro atoms. The first-order valence-electron chi connectivity index (χ1n) is 6.14. The van der Waals surface area contributed by atoms with Gasteiger partial charge in [-0.25, -0.2) is 4.79 Å². The van der Waals surface area contributed by atoms with Gasteiger partial charge in [0.2, 0.25) is 0 Å². The van der Waals surface area contributed by atoms with Gasteiger partial charge in [-0.15, -0.1) is 0 Å². The SMILES string of the molecule is COc1ccc(Cn2cc(CC(=O)O)c(C(=O)O)n2)cc1. The van der Waals surface area contributed by atoms with Crippen molar-refractivity contribution in [1.29, 1.82) is 0 Å². The smallest absolute Gasteiger partial charge is 0.356 e. The maximum absolute atomic E-state index is 11.1. The standard InChI is InChI=1S/C14H14N2O5/c1-21-11-4-2-9(3-5-11)7-16-8-10(6-12(17)18)13(15-16)14(19)20/h2-5,8H,6-7H2,1H3,(H,17,18)(H,19,20). The summed E-state index contributed by atoms with van der Waals surface area (Å²) in [6.07, 6.45) is 1.08. The molecule has 1 aromatic carbocycles. The van der Waals surface area contributed by atoms with Crippen LogP contribution < -0.4 is 4.74 Å². The molecule has 2 N–H and O–H groups in total. The lowest BCUT2D eigenvalue weighted by molar-refractivity contribution is -0.136. The van der Waals surface area contributed by atoms with Crippen LogP contribution in [0.2, 0.25) is 0 Å². The maximum atomic E-state index is 11.1. The molecule has 0 radical (unpaired) electrons. The summed E-state index contributed by atoms with van der Waals surface area (Å²) in [6.45, 7) is 0.351. The van der Waals surface area contributed by atoms with Gasteiger partial charge in [0.1, 0.15) is 5.75 Å². The second-order valence-electron chi connectivity index (χ2n) is 4.42. The zero-order valence-corrected chi connectivity index (χ0v) is 11.3. The molecular formula is C14H14N2O5. The summed E-state index contributed by atoms with van der Waals surface area (Å²) in [4.78, 5) is 21.8.